The van der Waals surface area contributed by atoms with Gasteiger partial charge in [0.2, 0.25) is 10.0 Å². The lowest BCUT2D eigenvalue weighted by Crippen LogP contribution is -2.32. The minimum atomic E-state index is -3.59. The molecule has 6 nitrogen and oxygen atoms in total. The molecule has 26 heavy (non-hydrogen) atoms. The standard InChI is InChI=1S/C19H22N2O4S/c1-3-14-20-26(23,24)17-12-10-15(11-13-17)21-19(22)18(4-2)25-16-8-6-5-7-9-16/h3,5-13,18,20H,1,4,14H2,2H3,(H,21,22). The van der Waals surface area contributed by atoms with Gasteiger partial charge in [-0.3, -0.25) is 4.79 Å². The van der Waals surface area contributed by atoms with Crippen LogP contribution in [-0.4, -0.2) is 27.0 Å². The zero-order valence-electron chi connectivity index (χ0n) is 14.5. The third kappa shape index (κ3) is 5.44. The van der Waals surface area contributed by atoms with Gasteiger partial charge in [0.25, 0.3) is 5.91 Å². The molecule has 0 aliphatic rings. The number of carbonyl (C=O) groups excluding carboxylic acids is 1. The van der Waals surface area contributed by atoms with E-state index in [0.717, 1.165) is 0 Å². The zero-order chi connectivity index (χ0) is 19.0. The van der Waals surface area contributed by atoms with Crippen molar-refractivity contribution in [3.63, 3.8) is 0 Å². The SMILES string of the molecule is C=CCNS(=O)(=O)c1ccc(NC(=O)C(CC)Oc2ccccc2)cc1. The van der Waals surface area contributed by atoms with Crippen LogP contribution in [-0.2, 0) is 14.8 Å². The molecule has 2 N–H and O–H groups in total. The first-order chi connectivity index (χ1) is 12.5. The Kier molecular flexibility index (Phi) is 6.94. The van der Waals surface area contributed by atoms with Crippen molar-refractivity contribution in [3.8, 4) is 5.75 Å². The second kappa shape index (κ2) is 9.17. The van der Waals surface area contributed by atoms with E-state index in [1.807, 2.05) is 25.1 Å². The third-order valence-electron chi connectivity index (χ3n) is 3.53. The molecule has 0 fully saturated rings. The Hall–Kier alpha value is -2.64. The number of hydrogen-bond donors (Lipinski definition) is 2. The number of para-hydroxylation sites is 1. The average Bonchev–Trinajstić information content (AvgIpc) is 2.65. The van der Waals surface area contributed by atoms with E-state index in [2.05, 4.69) is 16.6 Å². The molecule has 7 heteroatoms. The molecule has 0 spiro atoms. The molecule has 1 unspecified atom stereocenters. The van der Waals surface area contributed by atoms with Crippen LogP contribution < -0.4 is 14.8 Å². The van der Waals surface area contributed by atoms with Crippen molar-refractivity contribution < 1.29 is 17.9 Å². The number of sulfonamides is 1. The fourth-order valence-electron chi connectivity index (χ4n) is 2.18. The Morgan fingerprint density at radius 2 is 1.81 bits per heavy atom. The highest BCUT2D eigenvalue weighted by Crippen LogP contribution is 2.17. The fraction of sp³-hybridized carbons (Fsp3) is 0.211. The average molecular weight is 374 g/mol. The Morgan fingerprint density at radius 3 is 2.38 bits per heavy atom. The maximum absolute atomic E-state index is 12.4. The van der Waals surface area contributed by atoms with E-state index >= 15 is 0 Å². The number of ether oxygens (including phenoxy) is 1. The molecule has 0 aromatic heterocycles. The summed E-state index contributed by atoms with van der Waals surface area (Å²) in [4.78, 5) is 12.5. The topological polar surface area (TPSA) is 84.5 Å². The van der Waals surface area contributed by atoms with Gasteiger partial charge in [0.1, 0.15) is 5.75 Å². The number of carbonyl (C=O) groups is 1. The molecule has 1 atom stereocenters. The van der Waals surface area contributed by atoms with Crippen LogP contribution in [0, 0.1) is 0 Å². The first-order valence-corrected chi connectivity index (χ1v) is 9.67. The molecule has 0 aliphatic heterocycles. The van der Waals surface area contributed by atoms with Crippen LogP contribution in [0.3, 0.4) is 0 Å². The van der Waals surface area contributed by atoms with Crippen molar-refractivity contribution in [1.82, 2.24) is 4.72 Å². The van der Waals surface area contributed by atoms with Crippen molar-refractivity contribution in [2.45, 2.75) is 24.3 Å². The summed E-state index contributed by atoms with van der Waals surface area (Å²) in [5.41, 5.74) is 0.493. The van der Waals surface area contributed by atoms with Crippen molar-refractivity contribution in [1.29, 1.82) is 0 Å². The molecule has 2 rings (SSSR count). The molecule has 0 radical (unpaired) electrons. The van der Waals surface area contributed by atoms with E-state index in [-0.39, 0.29) is 17.3 Å². The van der Waals surface area contributed by atoms with Gasteiger partial charge in [-0.15, -0.1) is 6.58 Å². The monoisotopic (exact) mass is 374 g/mol. The Bertz CT molecular complexity index is 834. The molecule has 1 amide bonds. The normalized spacial score (nSPS) is 12.2. The Balaban J connectivity index is 2.03. The summed E-state index contributed by atoms with van der Waals surface area (Å²) >= 11 is 0. The number of nitrogens with one attached hydrogen (secondary N) is 2. The van der Waals surface area contributed by atoms with Gasteiger partial charge in [0, 0.05) is 12.2 Å². The molecular formula is C19H22N2O4S. The molecule has 2 aromatic rings. The van der Waals surface area contributed by atoms with Crippen molar-refractivity contribution >= 4 is 21.6 Å². The van der Waals surface area contributed by atoms with E-state index in [1.165, 1.54) is 30.3 Å². The number of hydrogen-bond acceptors (Lipinski definition) is 4. The highest BCUT2D eigenvalue weighted by molar-refractivity contribution is 7.89. The fourth-order valence-corrected chi connectivity index (χ4v) is 3.18. The van der Waals surface area contributed by atoms with Crippen LogP contribution in [0.15, 0.2) is 72.1 Å². The first kappa shape index (κ1) is 19.7. The highest BCUT2D eigenvalue weighted by atomic mass is 32.2. The van der Waals surface area contributed by atoms with Crippen LogP contribution in [0.25, 0.3) is 0 Å². The number of anilines is 1. The lowest BCUT2D eigenvalue weighted by molar-refractivity contribution is -0.122. The van der Waals surface area contributed by atoms with Gasteiger partial charge >= 0.3 is 0 Å². The summed E-state index contributed by atoms with van der Waals surface area (Å²) in [5.74, 6) is 0.320. The molecule has 2 aromatic carbocycles. The molecule has 0 saturated heterocycles. The van der Waals surface area contributed by atoms with Gasteiger partial charge in [-0.05, 0) is 42.8 Å². The maximum atomic E-state index is 12.4. The molecule has 0 bridgehead atoms. The molecular weight excluding hydrogens is 352 g/mol. The van der Waals surface area contributed by atoms with Crippen molar-refractivity contribution in [2.24, 2.45) is 0 Å². The molecule has 138 valence electrons. The Morgan fingerprint density at radius 1 is 1.15 bits per heavy atom. The minimum absolute atomic E-state index is 0.116. The second-order valence-electron chi connectivity index (χ2n) is 5.48. The van der Waals surface area contributed by atoms with Crippen LogP contribution in [0.2, 0.25) is 0 Å². The first-order valence-electron chi connectivity index (χ1n) is 8.19. The summed E-state index contributed by atoms with van der Waals surface area (Å²) in [6, 6.07) is 15.0. The second-order valence-corrected chi connectivity index (χ2v) is 7.25. The van der Waals surface area contributed by atoms with E-state index in [1.54, 1.807) is 12.1 Å². The summed E-state index contributed by atoms with van der Waals surface area (Å²) in [5, 5.41) is 2.74. The highest BCUT2D eigenvalue weighted by Gasteiger charge is 2.19. The van der Waals surface area contributed by atoms with E-state index in [4.69, 9.17) is 4.74 Å². The molecule has 0 saturated carbocycles. The van der Waals surface area contributed by atoms with Crippen molar-refractivity contribution in [3.05, 3.63) is 67.3 Å². The lowest BCUT2D eigenvalue weighted by atomic mass is 10.2. The third-order valence-corrected chi connectivity index (χ3v) is 4.97. The van der Waals surface area contributed by atoms with Gasteiger partial charge in [0.05, 0.1) is 4.90 Å². The summed E-state index contributed by atoms with van der Waals surface area (Å²) in [7, 11) is -3.59. The van der Waals surface area contributed by atoms with E-state index in [9.17, 15) is 13.2 Å². The predicted octanol–water partition coefficient (Wildman–Crippen LogP) is 2.95. The van der Waals surface area contributed by atoms with E-state index in [0.29, 0.717) is 17.9 Å². The zero-order valence-corrected chi connectivity index (χ0v) is 15.3. The maximum Gasteiger partial charge on any atom is 0.265 e. The van der Waals surface area contributed by atoms with Crippen molar-refractivity contribution in [2.75, 3.05) is 11.9 Å². The van der Waals surface area contributed by atoms with Crippen LogP contribution in [0.4, 0.5) is 5.69 Å². The largest absolute Gasteiger partial charge is 0.481 e. The van der Waals surface area contributed by atoms with E-state index < -0.39 is 16.1 Å². The molecule has 0 heterocycles. The predicted molar refractivity (Wildman–Crippen MR) is 102 cm³/mol. The van der Waals surface area contributed by atoms with Gasteiger partial charge in [-0.25, -0.2) is 13.1 Å². The van der Waals surface area contributed by atoms with Gasteiger partial charge in [-0.2, -0.15) is 0 Å². The molecule has 0 aliphatic carbocycles. The quantitative estimate of drug-likeness (QED) is 0.661. The summed E-state index contributed by atoms with van der Waals surface area (Å²) in [6.07, 6.45) is 1.32. The van der Waals surface area contributed by atoms with Gasteiger partial charge < -0.3 is 10.1 Å². The summed E-state index contributed by atoms with van der Waals surface area (Å²) < 4.78 is 32.1. The summed E-state index contributed by atoms with van der Waals surface area (Å²) in [6.45, 7) is 5.48. The number of rotatable bonds is 9. The number of benzene rings is 2. The van der Waals surface area contributed by atoms with Gasteiger partial charge in [0.15, 0.2) is 6.10 Å². The van der Waals surface area contributed by atoms with Gasteiger partial charge in [-0.1, -0.05) is 31.2 Å². The smallest absolute Gasteiger partial charge is 0.265 e. The number of amides is 1. The Labute approximate surface area is 153 Å². The van der Waals surface area contributed by atoms with Crippen LogP contribution in [0.1, 0.15) is 13.3 Å². The van der Waals surface area contributed by atoms with Crippen LogP contribution >= 0.6 is 0 Å². The minimum Gasteiger partial charge on any atom is -0.481 e. The van der Waals surface area contributed by atoms with Crippen LogP contribution in [0.5, 0.6) is 5.75 Å². The lowest BCUT2D eigenvalue weighted by Gasteiger charge is -2.17.